The monoisotopic (exact) mass is 303 g/mol. The topological polar surface area (TPSA) is 21.3 Å². The Morgan fingerprint density at radius 1 is 1.19 bits per heavy atom. The predicted octanol–water partition coefficient (Wildman–Crippen LogP) is 4.70. The van der Waals surface area contributed by atoms with Crippen LogP contribution in [-0.4, -0.2) is 6.04 Å². The molecule has 1 aromatic carbocycles. The molecular weight excluding hydrogens is 278 g/mol. The van der Waals surface area contributed by atoms with Gasteiger partial charge in [-0.1, -0.05) is 39.0 Å². The number of benzene rings is 1. The summed E-state index contributed by atoms with van der Waals surface area (Å²) < 4.78 is 6.02. The zero-order chi connectivity index (χ0) is 15.2. The van der Waals surface area contributed by atoms with Gasteiger partial charge in [-0.25, -0.2) is 0 Å². The Hall–Kier alpha value is -1.32. The zero-order valence-electron chi connectivity index (χ0n) is 13.4. The van der Waals surface area contributed by atoms with E-state index in [4.69, 9.17) is 4.74 Å². The lowest BCUT2D eigenvalue weighted by Gasteiger charge is -2.09. The quantitative estimate of drug-likeness (QED) is 0.801. The number of rotatable bonds is 7. The average molecular weight is 303 g/mol. The first-order chi connectivity index (χ1) is 10.1. The van der Waals surface area contributed by atoms with Gasteiger partial charge in [0.05, 0.1) is 0 Å². The maximum absolute atomic E-state index is 6.02. The van der Waals surface area contributed by atoms with Crippen LogP contribution in [0.15, 0.2) is 30.3 Å². The van der Waals surface area contributed by atoms with E-state index in [1.165, 1.54) is 20.9 Å². The summed E-state index contributed by atoms with van der Waals surface area (Å²) in [5, 5.41) is 3.46. The Balaban J connectivity index is 2.00. The second kappa shape index (κ2) is 7.62. The van der Waals surface area contributed by atoms with E-state index in [9.17, 15) is 0 Å². The molecule has 1 N–H and O–H groups in total. The molecule has 0 unspecified atom stereocenters. The molecule has 0 saturated carbocycles. The summed E-state index contributed by atoms with van der Waals surface area (Å²) in [6.45, 7) is 10.3. The normalized spacial score (nSPS) is 11.1. The van der Waals surface area contributed by atoms with Gasteiger partial charge in [0, 0.05) is 27.9 Å². The van der Waals surface area contributed by atoms with Crippen LogP contribution in [-0.2, 0) is 19.6 Å². The van der Waals surface area contributed by atoms with Crippen molar-refractivity contribution < 1.29 is 4.74 Å². The van der Waals surface area contributed by atoms with Gasteiger partial charge >= 0.3 is 0 Å². The van der Waals surface area contributed by atoms with Crippen molar-refractivity contribution in [1.82, 2.24) is 5.32 Å². The van der Waals surface area contributed by atoms with Gasteiger partial charge < -0.3 is 10.1 Å². The molecule has 2 nitrogen and oxygen atoms in total. The van der Waals surface area contributed by atoms with Crippen LogP contribution < -0.4 is 10.1 Å². The van der Waals surface area contributed by atoms with Gasteiger partial charge in [0.25, 0.3) is 0 Å². The molecule has 0 aliphatic heterocycles. The van der Waals surface area contributed by atoms with Gasteiger partial charge in [-0.05, 0) is 31.0 Å². The summed E-state index contributed by atoms with van der Waals surface area (Å²) in [6, 6.07) is 11.1. The first-order valence-corrected chi connectivity index (χ1v) is 8.44. The molecule has 0 saturated heterocycles. The first-order valence-electron chi connectivity index (χ1n) is 7.62. The number of thiophene rings is 1. The van der Waals surface area contributed by atoms with Crippen LogP contribution in [0.25, 0.3) is 0 Å². The molecule has 0 amide bonds. The summed E-state index contributed by atoms with van der Waals surface area (Å²) in [5.74, 6) is 1.01. The highest BCUT2D eigenvalue weighted by atomic mass is 32.1. The van der Waals surface area contributed by atoms with E-state index >= 15 is 0 Å². The van der Waals surface area contributed by atoms with Gasteiger partial charge in [0.1, 0.15) is 12.4 Å². The Bertz CT molecular complexity index is 574. The van der Waals surface area contributed by atoms with Crippen LogP contribution >= 0.6 is 11.3 Å². The number of hydrogen-bond donors (Lipinski definition) is 1. The third-order valence-corrected chi connectivity index (χ3v) is 4.59. The van der Waals surface area contributed by atoms with Crippen LogP contribution in [0.4, 0.5) is 0 Å². The molecule has 21 heavy (non-hydrogen) atoms. The van der Waals surface area contributed by atoms with Crippen molar-refractivity contribution in [3.05, 3.63) is 51.2 Å². The lowest BCUT2D eigenvalue weighted by molar-refractivity contribution is 0.303. The zero-order valence-corrected chi connectivity index (χ0v) is 14.2. The molecular formula is C18H25NOS. The van der Waals surface area contributed by atoms with E-state index < -0.39 is 0 Å². The van der Waals surface area contributed by atoms with Crippen molar-refractivity contribution in [1.29, 1.82) is 0 Å². The van der Waals surface area contributed by atoms with Gasteiger partial charge in [-0.2, -0.15) is 0 Å². The molecule has 1 heterocycles. The first kappa shape index (κ1) is 16.1. The molecule has 0 aliphatic rings. The van der Waals surface area contributed by atoms with Crippen LogP contribution in [0, 0.1) is 6.92 Å². The van der Waals surface area contributed by atoms with Crippen molar-refractivity contribution in [2.45, 2.75) is 53.3 Å². The molecule has 2 aromatic rings. The minimum atomic E-state index is 0.517. The number of para-hydroxylation sites is 1. The van der Waals surface area contributed by atoms with E-state index in [1.54, 1.807) is 0 Å². The highest BCUT2D eigenvalue weighted by Gasteiger charge is 2.08. The fourth-order valence-electron chi connectivity index (χ4n) is 2.21. The number of ether oxygens (including phenoxy) is 1. The number of aryl methyl sites for hydroxylation is 2. The fraction of sp³-hybridized carbons (Fsp3) is 0.444. The van der Waals surface area contributed by atoms with Crippen LogP contribution in [0.1, 0.15) is 41.7 Å². The van der Waals surface area contributed by atoms with Crippen molar-refractivity contribution in [2.75, 3.05) is 0 Å². The molecule has 0 atom stereocenters. The largest absolute Gasteiger partial charge is 0.489 e. The maximum Gasteiger partial charge on any atom is 0.122 e. The fourth-order valence-corrected chi connectivity index (χ4v) is 3.21. The minimum absolute atomic E-state index is 0.517. The summed E-state index contributed by atoms with van der Waals surface area (Å²) in [5.41, 5.74) is 2.57. The third kappa shape index (κ3) is 4.58. The van der Waals surface area contributed by atoms with Crippen LogP contribution in [0.2, 0.25) is 0 Å². The van der Waals surface area contributed by atoms with E-state index in [-0.39, 0.29) is 0 Å². The molecule has 1 aromatic heterocycles. The summed E-state index contributed by atoms with van der Waals surface area (Å²) in [4.78, 5) is 2.73. The standard InChI is InChI=1S/C18H25NOS/c1-5-15-8-6-7-9-18(15)20-12-16-10-17(21-14(16)4)11-19-13(2)3/h6-10,13,19H,5,11-12H2,1-4H3. The molecule has 3 heteroatoms. The summed E-state index contributed by atoms with van der Waals surface area (Å²) in [7, 11) is 0. The lowest BCUT2D eigenvalue weighted by atomic mass is 10.1. The summed E-state index contributed by atoms with van der Waals surface area (Å²) in [6.07, 6.45) is 1.00. The molecule has 2 rings (SSSR count). The highest BCUT2D eigenvalue weighted by Crippen LogP contribution is 2.25. The second-order valence-corrected chi connectivity index (χ2v) is 6.92. The van der Waals surface area contributed by atoms with Gasteiger partial charge in [-0.3, -0.25) is 0 Å². The smallest absolute Gasteiger partial charge is 0.122 e. The summed E-state index contributed by atoms with van der Waals surface area (Å²) >= 11 is 1.86. The Morgan fingerprint density at radius 3 is 2.67 bits per heavy atom. The minimum Gasteiger partial charge on any atom is -0.489 e. The van der Waals surface area contributed by atoms with Crippen LogP contribution in [0.3, 0.4) is 0 Å². The Morgan fingerprint density at radius 2 is 1.95 bits per heavy atom. The predicted molar refractivity (Wildman–Crippen MR) is 91.2 cm³/mol. The van der Waals surface area contributed by atoms with Gasteiger partial charge in [-0.15, -0.1) is 11.3 Å². The molecule has 0 radical (unpaired) electrons. The molecule has 0 aliphatic carbocycles. The number of nitrogens with one attached hydrogen (secondary N) is 1. The molecule has 0 fully saturated rings. The van der Waals surface area contributed by atoms with E-state index in [0.29, 0.717) is 12.6 Å². The van der Waals surface area contributed by atoms with Crippen molar-refractivity contribution in [3.8, 4) is 5.75 Å². The SMILES string of the molecule is CCc1ccccc1OCc1cc(CNC(C)C)sc1C. The average Bonchev–Trinajstić information content (AvgIpc) is 2.83. The number of hydrogen-bond acceptors (Lipinski definition) is 3. The van der Waals surface area contributed by atoms with E-state index in [1.807, 2.05) is 17.4 Å². The molecule has 0 bridgehead atoms. The molecule has 0 spiro atoms. The van der Waals surface area contributed by atoms with Gasteiger partial charge in [0.15, 0.2) is 0 Å². The Kier molecular flexibility index (Phi) is 5.83. The molecule has 114 valence electrons. The van der Waals surface area contributed by atoms with Gasteiger partial charge in [0.2, 0.25) is 0 Å². The van der Waals surface area contributed by atoms with Crippen molar-refractivity contribution in [2.24, 2.45) is 0 Å². The van der Waals surface area contributed by atoms with Crippen LogP contribution in [0.5, 0.6) is 5.75 Å². The lowest BCUT2D eigenvalue weighted by Crippen LogP contribution is -2.21. The highest BCUT2D eigenvalue weighted by molar-refractivity contribution is 7.12. The van der Waals surface area contributed by atoms with E-state index in [0.717, 1.165) is 18.7 Å². The Labute approximate surface area is 132 Å². The van der Waals surface area contributed by atoms with E-state index in [2.05, 4.69) is 57.3 Å². The second-order valence-electron chi connectivity index (χ2n) is 5.58. The van der Waals surface area contributed by atoms with Crippen molar-refractivity contribution >= 4 is 11.3 Å². The third-order valence-electron chi connectivity index (χ3n) is 3.49. The maximum atomic E-state index is 6.02. The van der Waals surface area contributed by atoms with Crippen molar-refractivity contribution in [3.63, 3.8) is 0 Å².